The molecule has 5 aromatic rings. The van der Waals surface area contributed by atoms with Crippen LogP contribution in [0.15, 0.2) is 91.3 Å². The predicted octanol–water partition coefficient (Wildman–Crippen LogP) is 6.72. The molecule has 0 saturated carbocycles. The van der Waals surface area contributed by atoms with Crippen LogP contribution in [0.3, 0.4) is 0 Å². The number of halogens is 3. The highest BCUT2D eigenvalue weighted by atomic mass is 19.4. The molecule has 37 heavy (non-hydrogen) atoms. The molecule has 186 valence electrons. The van der Waals surface area contributed by atoms with Crippen LogP contribution in [0, 0.1) is 0 Å². The van der Waals surface area contributed by atoms with Gasteiger partial charge >= 0.3 is 6.18 Å². The molecule has 0 atom stereocenters. The normalized spacial score (nSPS) is 14.1. The van der Waals surface area contributed by atoms with E-state index in [9.17, 15) is 13.2 Å². The topological polar surface area (TPSA) is 34.0 Å². The minimum Gasteiger partial charge on any atom is -0.343 e. The monoisotopic (exact) mass is 498 g/mol. The average Bonchev–Trinajstić information content (AvgIpc) is 3.25. The quantitative estimate of drug-likeness (QED) is 0.270. The first kappa shape index (κ1) is 23.4. The van der Waals surface area contributed by atoms with Gasteiger partial charge in [0.05, 0.1) is 11.3 Å². The fraction of sp³-hybridized carbons (Fsp3) is 0.200. The van der Waals surface area contributed by atoms with E-state index in [4.69, 9.17) is 4.98 Å². The van der Waals surface area contributed by atoms with Crippen molar-refractivity contribution in [3.05, 3.63) is 119 Å². The maximum atomic E-state index is 12.9. The Morgan fingerprint density at radius 1 is 0.838 bits per heavy atom. The zero-order valence-corrected chi connectivity index (χ0v) is 20.1. The zero-order chi connectivity index (χ0) is 25.4. The van der Waals surface area contributed by atoms with Crippen molar-refractivity contribution in [3.63, 3.8) is 0 Å². The van der Waals surface area contributed by atoms with Crippen LogP contribution < -0.4 is 0 Å². The lowest BCUT2D eigenvalue weighted by Crippen LogP contribution is -2.30. The number of fused-ring (bicyclic) bond motifs is 2. The molecule has 0 unspecified atom stereocenters. The van der Waals surface area contributed by atoms with E-state index in [-0.39, 0.29) is 0 Å². The molecule has 7 heteroatoms. The fourth-order valence-electron chi connectivity index (χ4n) is 5.06. The molecule has 0 saturated heterocycles. The number of hydrogen-bond donors (Lipinski definition) is 0. The summed E-state index contributed by atoms with van der Waals surface area (Å²) in [6.45, 7) is 3.24. The van der Waals surface area contributed by atoms with Gasteiger partial charge in [-0.15, -0.1) is 0 Å². The van der Waals surface area contributed by atoms with Gasteiger partial charge in [0.15, 0.2) is 5.82 Å². The summed E-state index contributed by atoms with van der Waals surface area (Å²) in [5, 5.41) is 1.26. The van der Waals surface area contributed by atoms with Crippen molar-refractivity contribution in [2.24, 2.45) is 0 Å². The van der Waals surface area contributed by atoms with Gasteiger partial charge in [-0.3, -0.25) is 4.90 Å². The lowest BCUT2D eigenvalue weighted by Gasteiger charge is -2.28. The van der Waals surface area contributed by atoms with Crippen LogP contribution in [-0.4, -0.2) is 26.0 Å². The summed E-state index contributed by atoms with van der Waals surface area (Å²) in [6.07, 6.45) is 0.498. The molecule has 0 bridgehead atoms. The van der Waals surface area contributed by atoms with E-state index < -0.39 is 11.7 Å². The first-order valence-corrected chi connectivity index (χ1v) is 12.3. The van der Waals surface area contributed by atoms with E-state index in [1.165, 1.54) is 34.2 Å². The molecule has 6 rings (SSSR count). The number of para-hydroxylation sites is 1. The van der Waals surface area contributed by atoms with Crippen molar-refractivity contribution in [3.8, 4) is 11.4 Å². The third kappa shape index (κ3) is 4.87. The predicted molar refractivity (Wildman–Crippen MR) is 138 cm³/mol. The summed E-state index contributed by atoms with van der Waals surface area (Å²) in [4.78, 5) is 11.6. The second kappa shape index (κ2) is 9.48. The number of benzene rings is 3. The Bertz CT molecular complexity index is 1540. The summed E-state index contributed by atoms with van der Waals surface area (Å²) in [5.41, 5.74) is 5.73. The van der Waals surface area contributed by atoms with Gasteiger partial charge in [-0.05, 0) is 29.3 Å². The van der Waals surface area contributed by atoms with Gasteiger partial charge in [0.2, 0.25) is 0 Å². The van der Waals surface area contributed by atoms with E-state index >= 15 is 0 Å². The lowest BCUT2D eigenvalue weighted by atomic mass is 10.1. The molecule has 0 N–H and O–H groups in total. The van der Waals surface area contributed by atoms with Crippen LogP contribution >= 0.6 is 0 Å². The fourth-order valence-corrected chi connectivity index (χ4v) is 5.06. The van der Waals surface area contributed by atoms with Crippen LogP contribution in [0.1, 0.15) is 27.9 Å². The number of nitrogens with zero attached hydrogens (tertiary/aromatic N) is 4. The number of rotatable bonds is 5. The van der Waals surface area contributed by atoms with E-state index in [2.05, 4.69) is 69.2 Å². The summed E-state index contributed by atoms with van der Waals surface area (Å²) >= 11 is 0. The highest BCUT2D eigenvalue weighted by Gasteiger charge is 2.30. The summed E-state index contributed by atoms with van der Waals surface area (Å²) in [7, 11) is 0. The summed E-state index contributed by atoms with van der Waals surface area (Å²) in [6, 6.07) is 24.0. The first-order valence-electron chi connectivity index (χ1n) is 12.3. The SMILES string of the molecule is FC(F)(F)c1ccc(-c2ncc3c(n2)CCN(Cc2cn(Cc4ccccc4)c4ccccc24)C3)cc1. The van der Waals surface area contributed by atoms with Gasteiger partial charge < -0.3 is 4.57 Å². The van der Waals surface area contributed by atoms with Crippen LogP contribution in [0.4, 0.5) is 13.2 Å². The van der Waals surface area contributed by atoms with Crippen molar-refractivity contribution in [2.45, 2.75) is 32.2 Å². The molecule has 3 heterocycles. The summed E-state index contributed by atoms with van der Waals surface area (Å²) in [5.74, 6) is 0.463. The van der Waals surface area contributed by atoms with Crippen LogP contribution in [0.2, 0.25) is 0 Å². The molecule has 0 aliphatic carbocycles. The number of hydrogen-bond acceptors (Lipinski definition) is 3. The Kier molecular flexibility index (Phi) is 6.00. The van der Waals surface area contributed by atoms with E-state index in [1.54, 1.807) is 0 Å². The van der Waals surface area contributed by atoms with Gasteiger partial charge in [-0.1, -0.05) is 60.7 Å². The minimum absolute atomic E-state index is 0.463. The number of alkyl halides is 3. The van der Waals surface area contributed by atoms with Crippen LogP contribution in [-0.2, 0) is 32.2 Å². The van der Waals surface area contributed by atoms with Gasteiger partial charge in [-0.25, -0.2) is 9.97 Å². The molecular weight excluding hydrogens is 473 g/mol. The number of aromatic nitrogens is 3. The van der Waals surface area contributed by atoms with Crippen molar-refractivity contribution < 1.29 is 13.2 Å². The average molecular weight is 499 g/mol. The molecule has 3 aromatic carbocycles. The molecule has 4 nitrogen and oxygen atoms in total. The lowest BCUT2D eigenvalue weighted by molar-refractivity contribution is -0.137. The van der Waals surface area contributed by atoms with E-state index in [0.717, 1.165) is 56.0 Å². The molecule has 0 spiro atoms. The third-order valence-corrected chi connectivity index (χ3v) is 6.94. The molecule has 2 aromatic heterocycles. The van der Waals surface area contributed by atoms with Crippen molar-refractivity contribution in [1.82, 2.24) is 19.4 Å². The maximum absolute atomic E-state index is 12.9. The first-order chi connectivity index (χ1) is 17.9. The largest absolute Gasteiger partial charge is 0.416 e. The summed E-state index contributed by atoms with van der Waals surface area (Å²) < 4.78 is 41.0. The van der Waals surface area contributed by atoms with Crippen LogP contribution in [0.5, 0.6) is 0 Å². The van der Waals surface area contributed by atoms with E-state index in [1.807, 2.05) is 12.3 Å². The molecule has 0 fully saturated rings. The second-order valence-corrected chi connectivity index (χ2v) is 9.49. The Morgan fingerprint density at radius 2 is 1.59 bits per heavy atom. The zero-order valence-electron chi connectivity index (χ0n) is 20.1. The van der Waals surface area contributed by atoms with Gasteiger partial charge in [0, 0.05) is 67.0 Å². The molecule has 1 aliphatic rings. The third-order valence-electron chi connectivity index (χ3n) is 6.94. The van der Waals surface area contributed by atoms with Crippen molar-refractivity contribution in [1.29, 1.82) is 0 Å². The highest BCUT2D eigenvalue weighted by molar-refractivity contribution is 5.84. The Balaban J connectivity index is 1.20. The molecule has 0 radical (unpaired) electrons. The van der Waals surface area contributed by atoms with Crippen molar-refractivity contribution in [2.75, 3.05) is 6.54 Å². The Morgan fingerprint density at radius 3 is 2.38 bits per heavy atom. The van der Waals surface area contributed by atoms with Crippen LogP contribution in [0.25, 0.3) is 22.3 Å². The minimum atomic E-state index is -4.35. The Labute approximate surface area is 213 Å². The standard InChI is InChI=1S/C30H25F3N4/c31-30(32,33)25-12-10-22(11-13-25)29-34-16-23-18-36(15-14-27(23)35-29)19-24-20-37(17-21-6-2-1-3-7-21)28-9-5-4-8-26(24)28/h1-13,16,20H,14-15,17-19H2. The second-order valence-electron chi connectivity index (χ2n) is 9.49. The smallest absolute Gasteiger partial charge is 0.343 e. The molecule has 0 amide bonds. The Hall–Kier alpha value is -3.97. The highest BCUT2D eigenvalue weighted by Crippen LogP contribution is 2.31. The maximum Gasteiger partial charge on any atom is 0.416 e. The van der Waals surface area contributed by atoms with Gasteiger partial charge in [0.1, 0.15) is 0 Å². The molecular formula is C30H25F3N4. The van der Waals surface area contributed by atoms with E-state index in [0.29, 0.717) is 11.4 Å². The van der Waals surface area contributed by atoms with Gasteiger partial charge in [0.25, 0.3) is 0 Å². The van der Waals surface area contributed by atoms with Crippen molar-refractivity contribution >= 4 is 10.9 Å². The molecule has 1 aliphatic heterocycles. The van der Waals surface area contributed by atoms with Gasteiger partial charge in [-0.2, -0.15) is 13.2 Å².